The molecule has 0 aromatic heterocycles. The molecule has 2 amide bonds. The number of carbonyl (C=O) groups excluding carboxylic acids is 1. The highest BCUT2D eigenvalue weighted by Crippen LogP contribution is 2.26. The number of amides is 2. The number of hydrogen-bond acceptors (Lipinski definition) is 3. The van der Waals surface area contributed by atoms with Crippen molar-refractivity contribution in [3.05, 3.63) is 0 Å². The van der Waals surface area contributed by atoms with Gasteiger partial charge in [0.15, 0.2) is 0 Å². The largest absolute Gasteiger partial charge is 0.389 e. The standard InChI is InChI=1S/C14H29N3O2/c1-6-17(10-14(3,4)19)13(18)15-9-11(2)16(5)12-7-8-12/h11-12,19H,6-10H2,1-5H3,(H,15,18). The monoisotopic (exact) mass is 271 g/mol. The van der Waals surface area contributed by atoms with E-state index >= 15 is 0 Å². The van der Waals surface area contributed by atoms with Crippen molar-refractivity contribution in [3.8, 4) is 0 Å². The van der Waals surface area contributed by atoms with E-state index in [9.17, 15) is 9.90 Å². The Bertz CT molecular complexity index is 298. The molecular weight excluding hydrogens is 242 g/mol. The number of carbonyl (C=O) groups is 1. The fourth-order valence-corrected chi connectivity index (χ4v) is 2.13. The molecular formula is C14H29N3O2. The van der Waals surface area contributed by atoms with Gasteiger partial charge in [0.1, 0.15) is 0 Å². The molecule has 2 N–H and O–H groups in total. The molecule has 1 unspecified atom stereocenters. The number of aliphatic hydroxyl groups is 1. The average molecular weight is 271 g/mol. The maximum absolute atomic E-state index is 12.0. The van der Waals surface area contributed by atoms with Crippen molar-refractivity contribution in [2.75, 3.05) is 26.7 Å². The fraction of sp³-hybridized carbons (Fsp3) is 0.929. The van der Waals surface area contributed by atoms with Crippen molar-refractivity contribution in [1.82, 2.24) is 15.1 Å². The molecule has 1 aliphatic rings. The number of rotatable bonds is 7. The van der Waals surface area contributed by atoms with Crippen LogP contribution in [-0.4, -0.2) is 65.3 Å². The lowest BCUT2D eigenvalue weighted by Gasteiger charge is -2.30. The molecule has 0 spiro atoms. The van der Waals surface area contributed by atoms with Crippen LogP contribution >= 0.6 is 0 Å². The van der Waals surface area contributed by atoms with Gasteiger partial charge in [0.2, 0.25) is 0 Å². The molecule has 5 nitrogen and oxygen atoms in total. The normalized spacial score (nSPS) is 17.4. The summed E-state index contributed by atoms with van der Waals surface area (Å²) >= 11 is 0. The number of likely N-dealkylation sites (N-methyl/N-ethyl adjacent to an activating group) is 2. The summed E-state index contributed by atoms with van der Waals surface area (Å²) in [7, 11) is 2.11. The van der Waals surface area contributed by atoms with Gasteiger partial charge in [-0.15, -0.1) is 0 Å². The SMILES string of the molecule is CCN(CC(C)(C)O)C(=O)NCC(C)N(C)C1CC1. The highest BCUT2D eigenvalue weighted by atomic mass is 16.3. The maximum Gasteiger partial charge on any atom is 0.317 e. The van der Waals surface area contributed by atoms with Gasteiger partial charge in [0.25, 0.3) is 0 Å². The molecule has 1 fully saturated rings. The average Bonchev–Trinajstić information content (AvgIpc) is 3.14. The van der Waals surface area contributed by atoms with Crippen molar-refractivity contribution in [1.29, 1.82) is 0 Å². The first-order chi connectivity index (χ1) is 8.74. The number of nitrogens with one attached hydrogen (secondary N) is 1. The van der Waals surface area contributed by atoms with E-state index in [2.05, 4.69) is 24.2 Å². The summed E-state index contributed by atoms with van der Waals surface area (Å²) in [5.74, 6) is 0. The van der Waals surface area contributed by atoms with Crippen LogP contribution in [0.15, 0.2) is 0 Å². The first-order valence-corrected chi connectivity index (χ1v) is 7.21. The molecule has 0 radical (unpaired) electrons. The number of hydrogen-bond donors (Lipinski definition) is 2. The predicted octanol–water partition coefficient (Wildman–Crippen LogP) is 1.27. The molecule has 0 saturated heterocycles. The Kier molecular flexibility index (Phi) is 5.62. The Hall–Kier alpha value is -0.810. The first-order valence-electron chi connectivity index (χ1n) is 7.21. The Labute approximate surface area is 117 Å². The molecule has 5 heteroatoms. The minimum absolute atomic E-state index is 0.0966. The molecule has 1 atom stereocenters. The molecule has 0 bridgehead atoms. The van der Waals surface area contributed by atoms with Gasteiger partial charge in [-0.2, -0.15) is 0 Å². The second-order valence-corrected chi connectivity index (χ2v) is 6.26. The van der Waals surface area contributed by atoms with E-state index in [1.165, 1.54) is 12.8 Å². The Balaban J connectivity index is 2.35. The topological polar surface area (TPSA) is 55.8 Å². The highest BCUT2D eigenvalue weighted by Gasteiger charge is 2.29. The van der Waals surface area contributed by atoms with Crippen LogP contribution in [0.3, 0.4) is 0 Å². The molecule has 0 aliphatic heterocycles. The van der Waals surface area contributed by atoms with Crippen LogP contribution in [-0.2, 0) is 0 Å². The van der Waals surface area contributed by atoms with E-state index in [4.69, 9.17) is 0 Å². The zero-order valence-electron chi connectivity index (χ0n) is 12.9. The summed E-state index contributed by atoms with van der Waals surface area (Å²) in [6, 6.07) is 0.948. The highest BCUT2D eigenvalue weighted by molar-refractivity contribution is 5.74. The predicted molar refractivity (Wildman–Crippen MR) is 77.2 cm³/mol. The van der Waals surface area contributed by atoms with Crippen LogP contribution in [0.4, 0.5) is 4.79 Å². The van der Waals surface area contributed by atoms with Gasteiger partial charge in [-0.1, -0.05) is 0 Å². The third kappa shape index (κ3) is 5.78. The van der Waals surface area contributed by atoms with E-state index in [1.54, 1.807) is 18.7 Å². The Morgan fingerprint density at radius 3 is 2.47 bits per heavy atom. The van der Waals surface area contributed by atoms with E-state index in [0.717, 1.165) is 0 Å². The lowest BCUT2D eigenvalue weighted by atomic mass is 10.1. The van der Waals surface area contributed by atoms with Crippen LogP contribution < -0.4 is 5.32 Å². The van der Waals surface area contributed by atoms with Crippen molar-refractivity contribution in [2.45, 2.75) is 58.2 Å². The van der Waals surface area contributed by atoms with Crippen molar-refractivity contribution < 1.29 is 9.90 Å². The summed E-state index contributed by atoms with van der Waals surface area (Å²) < 4.78 is 0. The minimum Gasteiger partial charge on any atom is -0.389 e. The number of nitrogens with zero attached hydrogens (tertiary/aromatic N) is 2. The zero-order valence-corrected chi connectivity index (χ0v) is 12.9. The Morgan fingerprint density at radius 1 is 1.47 bits per heavy atom. The second kappa shape index (κ2) is 6.57. The minimum atomic E-state index is -0.857. The molecule has 112 valence electrons. The van der Waals surface area contributed by atoms with Gasteiger partial charge < -0.3 is 15.3 Å². The van der Waals surface area contributed by atoms with E-state index in [-0.39, 0.29) is 6.03 Å². The van der Waals surface area contributed by atoms with E-state index in [0.29, 0.717) is 31.7 Å². The first kappa shape index (κ1) is 16.2. The van der Waals surface area contributed by atoms with Crippen molar-refractivity contribution in [3.63, 3.8) is 0 Å². The molecule has 0 aromatic rings. The lowest BCUT2D eigenvalue weighted by Crippen LogP contribution is -2.49. The summed E-state index contributed by atoms with van der Waals surface area (Å²) in [4.78, 5) is 16.0. The Morgan fingerprint density at radius 2 is 2.05 bits per heavy atom. The van der Waals surface area contributed by atoms with Gasteiger partial charge in [-0.25, -0.2) is 4.79 Å². The van der Waals surface area contributed by atoms with E-state index in [1.807, 2.05) is 6.92 Å². The quantitative estimate of drug-likeness (QED) is 0.733. The van der Waals surface area contributed by atoms with Crippen molar-refractivity contribution in [2.24, 2.45) is 0 Å². The second-order valence-electron chi connectivity index (χ2n) is 6.26. The zero-order chi connectivity index (χ0) is 14.6. The van der Waals surface area contributed by atoms with Crippen LogP contribution in [0.2, 0.25) is 0 Å². The van der Waals surface area contributed by atoms with Gasteiger partial charge in [-0.3, -0.25) is 4.90 Å². The van der Waals surface area contributed by atoms with Gasteiger partial charge >= 0.3 is 6.03 Å². The van der Waals surface area contributed by atoms with E-state index < -0.39 is 5.60 Å². The van der Waals surface area contributed by atoms with Gasteiger partial charge in [-0.05, 0) is 47.6 Å². The summed E-state index contributed by atoms with van der Waals surface area (Å²) in [5.41, 5.74) is -0.857. The maximum atomic E-state index is 12.0. The molecule has 1 rings (SSSR count). The molecule has 1 saturated carbocycles. The fourth-order valence-electron chi connectivity index (χ4n) is 2.13. The summed E-state index contributed by atoms with van der Waals surface area (Å²) in [6.07, 6.45) is 2.54. The van der Waals surface area contributed by atoms with Crippen molar-refractivity contribution >= 4 is 6.03 Å². The smallest absolute Gasteiger partial charge is 0.317 e. The summed E-state index contributed by atoms with van der Waals surface area (Å²) in [5, 5.41) is 12.7. The van der Waals surface area contributed by atoms with Crippen LogP contribution in [0.1, 0.15) is 40.5 Å². The summed E-state index contributed by atoms with van der Waals surface area (Å²) in [6.45, 7) is 9.08. The lowest BCUT2D eigenvalue weighted by molar-refractivity contribution is 0.0477. The molecule has 19 heavy (non-hydrogen) atoms. The molecule has 0 heterocycles. The third-order valence-corrected chi connectivity index (χ3v) is 3.61. The van der Waals surface area contributed by atoms with Gasteiger partial charge in [0.05, 0.1) is 12.1 Å². The molecule has 1 aliphatic carbocycles. The third-order valence-electron chi connectivity index (χ3n) is 3.61. The van der Waals surface area contributed by atoms with Crippen LogP contribution in [0, 0.1) is 0 Å². The van der Waals surface area contributed by atoms with Gasteiger partial charge in [0, 0.05) is 25.2 Å². The number of urea groups is 1. The van der Waals surface area contributed by atoms with Crippen LogP contribution in [0.25, 0.3) is 0 Å². The van der Waals surface area contributed by atoms with Crippen LogP contribution in [0.5, 0.6) is 0 Å². The molecule has 0 aromatic carbocycles.